The van der Waals surface area contributed by atoms with Crippen LogP contribution < -0.4 is 5.32 Å². The first-order valence-corrected chi connectivity index (χ1v) is 9.53. The third-order valence-electron chi connectivity index (χ3n) is 5.54. The monoisotopic (exact) mass is 321 g/mol. The van der Waals surface area contributed by atoms with Crippen molar-refractivity contribution in [1.29, 1.82) is 0 Å². The normalized spacial score (nSPS) is 23.7. The molecule has 2 aliphatic carbocycles. The quantitative estimate of drug-likeness (QED) is 0.759. The molecule has 3 fully saturated rings. The fraction of sp³-hybridized carbons (Fsp3) is 0.889. The van der Waals surface area contributed by atoms with Crippen LogP contribution in [0.15, 0.2) is 0 Å². The minimum atomic E-state index is 0.180. The maximum absolute atomic E-state index is 12.4. The summed E-state index contributed by atoms with van der Waals surface area (Å²) in [6.07, 6.45) is 9.93. The van der Waals surface area contributed by atoms with Gasteiger partial charge in [0.15, 0.2) is 0 Å². The lowest BCUT2D eigenvalue weighted by atomic mass is 10.2. The van der Waals surface area contributed by atoms with Crippen molar-refractivity contribution in [3.63, 3.8) is 0 Å². The molecule has 0 radical (unpaired) electrons. The fourth-order valence-corrected chi connectivity index (χ4v) is 3.92. The van der Waals surface area contributed by atoms with E-state index in [4.69, 9.17) is 0 Å². The van der Waals surface area contributed by atoms with Gasteiger partial charge in [0, 0.05) is 51.1 Å². The summed E-state index contributed by atoms with van der Waals surface area (Å²) in [6, 6.07) is 0.766. The lowest BCUT2D eigenvalue weighted by Gasteiger charge is -2.27. The summed E-state index contributed by atoms with van der Waals surface area (Å²) in [4.78, 5) is 28.6. The van der Waals surface area contributed by atoms with Gasteiger partial charge < -0.3 is 10.2 Å². The van der Waals surface area contributed by atoms with E-state index in [0.717, 1.165) is 57.9 Å². The van der Waals surface area contributed by atoms with Crippen molar-refractivity contribution in [1.82, 2.24) is 15.1 Å². The Labute approximate surface area is 139 Å². The minimum absolute atomic E-state index is 0.180. The summed E-state index contributed by atoms with van der Waals surface area (Å²) >= 11 is 0. The number of nitrogens with zero attached hydrogens (tertiary/aromatic N) is 2. The number of rotatable bonds is 6. The van der Waals surface area contributed by atoms with Crippen LogP contribution in [0.4, 0.5) is 0 Å². The van der Waals surface area contributed by atoms with Crippen LogP contribution in [0.1, 0.15) is 57.8 Å². The maximum Gasteiger partial charge on any atom is 0.223 e. The van der Waals surface area contributed by atoms with Gasteiger partial charge in [0.05, 0.1) is 0 Å². The largest absolute Gasteiger partial charge is 0.356 e. The van der Waals surface area contributed by atoms with E-state index in [1.807, 2.05) is 4.90 Å². The van der Waals surface area contributed by atoms with Gasteiger partial charge >= 0.3 is 0 Å². The molecule has 23 heavy (non-hydrogen) atoms. The van der Waals surface area contributed by atoms with Crippen molar-refractivity contribution >= 4 is 11.8 Å². The third kappa shape index (κ3) is 4.93. The first-order chi connectivity index (χ1) is 11.2. The number of nitrogens with one attached hydrogen (secondary N) is 1. The first kappa shape index (κ1) is 16.7. The Morgan fingerprint density at radius 3 is 2.43 bits per heavy atom. The van der Waals surface area contributed by atoms with Gasteiger partial charge in [0.25, 0.3) is 0 Å². The van der Waals surface area contributed by atoms with Crippen LogP contribution in [0.3, 0.4) is 0 Å². The minimum Gasteiger partial charge on any atom is -0.356 e. The number of hydrogen-bond donors (Lipinski definition) is 1. The molecule has 3 rings (SSSR count). The van der Waals surface area contributed by atoms with E-state index >= 15 is 0 Å². The molecular weight excluding hydrogens is 290 g/mol. The van der Waals surface area contributed by atoms with Crippen molar-refractivity contribution in [3.8, 4) is 0 Å². The van der Waals surface area contributed by atoms with Crippen molar-refractivity contribution in [2.45, 2.75) is 63.8 Å². The molecule has 3 aliphatic rings. The van der Waals surface area contributed by atoms with Crippen LogP contribution >= 0.6 is 0 Å². The van der Waals surface area contributed by atoms with Crippen LogP contribution in [-0.4, -0.2) is 60.4 Å². The Morgan fingerprint density at radius 1 is 0.913 bits per heavy atom. The third-order valence-corrected chi connectivity index (χ3v) is 5.54. The molecule has 1 heterocycles. The second kappa shape index (κ2) is 8.13. The highest BCUT2D eigenvalue weighted by molar-refractivity contribution is 5.81. The second-order valence-electron chi connectivity index (χ2n) is 7.38. The van der Waals surface area contributed by atoms with Crippen LogP contribution in [0.2, 0.25) is 0 Å². The van der Waals surface area contributed by atoms with Crippen molar-refractivity contribution in [3.05, 3.63) is 0 Å². The molecule has 1 aliphatic heterocycles. The zero-order valence-electron chi connectivity index (χ0n) is 14.3. The van der Waals surface area contributed by atoms with E-state index in [9.17, 15) is 9.59 Å². The molecule has 5 heteroatoms. The smallest absolute Gasteiger partial charge is 0.223 e. The molecule has 0 unspecified atom stereocenters. The number of hydrogen-bond acceptors (Lipinski definition) is 3. The predicted molar refractivity (Wildman–Crippen MR) is 90.0 cm³/mol. The topological polar surface area (TPSA) is 52.7 Å². The molecule has 0 spiro atoms. The van der Waals surface area contributed by atoms with Gasteiger partial charge in [0.2, 0.25) is 11.8 Å². The van der Waals surface area contributed by atoms with Crippen LogP contribution in [0, 0.1) is 5.92 Å². The predicted octanol–water partition coefficient (Wildman–Crippen LogP) is 1.77. The van der Waals surface area contributed by atoms with Gasteiger partial charge in [-0.1, -0.05) is 12.8 Å². The molecule has 0 bridgehead atoms. The van der Waals surface area contributed by atoms with E-state index < -0.39 is 0 Å². The average molecular weight is 321 g/mol. The summed E-state index contributed by atoms with van der Waals surface area (Å²) in [6.45, 7) is 4.60. The van der Waals surface area contributed by atoms with Gasteiger partial charge in [-0.2, -0.15) is 0 Å². The van der Waals surface area contributed by atoms with Crippen molar-refractivity contribution < 1.29 is 9.59 Å². The number of amides is 2. The average Bonchev–Trinajstić information content (AvgIpc) is 3.32. The van der Waals surface area contributed by atoms with E-state index in [1.54, 1.807) is 0 Å². The molecule has 130 valence electrons. The lowest BCUT2D eigenvalue weighted by molar-refractivity contribution is -0.131. The molecule has 1 N–H and O–H groups in total. The molecule has 2 saturated carbocycles. The summed E-state index contributed by atoms with van der Waals surface area (Å²) in [5.74, 6) is 0.705. The summed E-state index contributed by atoms with van der Waals surface area (Å²) < 4.78 is 0. The lowest BCUT2D eigenvalue weighted by Crippen LogP contribution is -2.38. The Kier molecular flexibility index (Phi) is 5.92. The number of carbonyl (C=O) groups is 2. The summed E-state index contributed by atoms with van der Waals surface area (Å²) in [7, 11) is 0. The van der Waals surface area contributed by atoms with Crippen molar-refractivity contribution in [2.24, 2.45) is 5.92 Å². The Bertz CT molecular complexity index is 416. The first-order valence-electron chi connectivity index (χ1n) is 9.53. The second-order valence-corrected chi connectivity index (χ2v) is 7.38. The highest BCUT2D eigenvalue weighted by atomic mass is 16.2. The number of carbonyl (C=O) groups excluding carboxylic acids is 2. The van der Waals surface area contributed by atoms with E-state index in [2.05, 4.69) is 10.2 Å². The van der Waals surface area contributed by atoms with E-state index in [0.29, 0.717) is 13.0 Å². The van der Waals surface area contributed by atoms with Gasteiger partial charge in [-0.05, 0) is 38.5 Å². The standard InChI is InChI=1S/C18H31N3O2/c22-17(7-3-10-19-18(23)15-8-9-15)21-12-4-11-20(13-14-21)16-5-1-2-6-16/h15-16H,1-14H2,(H,19,23). The maximum atomic E-state index is 12.4. The zero-order chi connectivity index (χ0) is 16.1. The zero-order valence-corrected chi connectivity index (χ0v) is 14.3. The SMILES string of the molecule is O=C(NCCCC(=O)N1CCCN(C2CCCC2)CC1)C1CC1. The molecule has 5 nitrogen and oxygen atoms in total. The van der Waals surface area contributed by atoms with Crippen LogP contribution in [-0.2, 0) is 9.59 Å². The summed E-state index contributed by atoms with van der Waals surface area (Å²) in [5.41, 5.74) is 0. The molecule has 0 aromatic rings. The Morgan fingerprint density at radius 2 is 1.70 bits per heavy atom. The van der Waals surface area contributed by atoms with Crippen LogP contribution in [0.25, 0.3) is 0 Å². The molecule has 1 saturated heterocycles. The van der Waals surface area contributed by atoms with Crippen molar-refractivity contribution in [2.75, 3.05) is 32.7 Å². The molecule has 0 aromatic carbocycles. The Balaban J connectivity index is 1.33. The van der Waals surface area contributed by atoms with E-state index in [1.165, 1.54) is 25.7 Å². The molecule has 0 atom stereocenters. The molecule has 2 amide bonds. The van der Waals surface area contributed by atoms with Gasteiger partial charge in [0.1, 0.15) is 0 Å². The fourth-order valence-electron chi connectivity index (χ4n) is 3.92. The molecular formula is C18H31N3O2. The molecule has 0 aromatic heterocycles. The van der Waals surface area contributed by atoms with Gasteiger partial charge in [-0.3, -0.25) is 14.5 Å². The highest BCUT2D eigenvalue weighted by Gasteiger charge is 2.29. The highest BCUT2D eigenvalue weighted by Crippen LogP contribution is 2.28. The van der Waals surface area contributed by atoms with Gasteiger partial charge in [-0.15, -0.1) is 0 Å². The van der Waals surface area contributed by atoms with E-state index in [-0.39, 0.29) is 17.7 Å². The summed E-state index contributed by atoms with van der Waals surface area (Å²) in [5, 5.41) is 2.94. The van der Waals surface area contributed by atoms with Gasteiger partial charge in [-0.25, -0.2) is 0 Å². The van der Waals surface area contributed by atoms with Crippen LogP contribution in [0.5, 0.6) is 0 Å². The Hall–Kier alpha value is -1.10.